The molecule has 1 spiro atoms. The molecule has 2 aliphatic heterocycles. The van der Waals surface area contributed by atoms with Crippen LogP contribution in [0.4, 0.5) is 0 Å². The number of hydrogen-bond acceptors (Lipinski definition) is 0. The van der Waals surface area contributed by atoms with E-state index in [9.17, 15) is 0 Å². The predicted molar refractivity (Wildman–Crippen MR) is 403 cm³/mol. The Morgan fingerprint density at radius 3 is 1.17 bits per heavy atom. The molecule has 1 nitrogen and oxygen atoms in total. The molecule has 0 fully saturated rings. The Morgan fingerprint density at radius 1 is 0.263 bits per heavy atom. The van der Waals surface area contributed by atoms with Gasteiger partial charge in [0.2, 0.25) is 0 Å². The van der Waals surface area contributed by atoms with Crippen molar-refractivity contribution in [2.75, 3.05) is 0 Å². The van der Waals surface area contributed by atoms with Crippen LogP contribution < -0.4 is 41.5 Å². The van der Waals surface area contributed by atoms with E-state index >= 15 is 0 Å². The first-order chi connectivity index (χ1) is 47.1. The van der Waals surface area contributed by atoms with Gasteiger partial charge in [0, 0.05) is 10.8 Å². The fraction of sp³-hybridized carbons (Fsp3) is 0.0217. The molecule has 18 rings (SSSR count). The average molecular weight is 1240 g/mol. The van der Waals surface area contributed by atoms with Crippen LogP contribution in [-0.4, -0.2) is 20.7 Å². The summed E-state index contributed by atoms with van der Waals surface area (Å²) in [6.45, 7) is 0. The minimum atomic E-state index is -3.40. The van der Waals surface area contributed by atoms with Gasteiger partial charge in [0.15, 0.2) is 16.1 Å². The van der Waals surface area contributed by atoms with E-state index in [1.165, 1.54) is 136 Å². The van der Waals surface area contributed by atoms with Gasteiger partial charge in [-0.3, -0.25) is 0 Å². The molecule has 15 aromatic carbocycles. The van der Waals surface area contributed by atoms with E-state index in [0.717, 1.165) is 0 Å². The number of aromatic nitrogens is 1. The molecule has 0 bridgehead atoms. The lowest BCUT2D eigenvalue weighted by molar-refractivity contribution is 0.731. The van der Waals surface area contributed by atoms with Crippen LogP contribution >= 0.6 is 0 Å². The zero-order chi connectivity index (χ0) is 63.0. The maximum absolute atomic E-state index is 3.40. The van der Waals surface area contributed by atoms with E-state index in [4.69, 9.17) is 0 Å². The van der Waals surface area contributed by atoms with Gasteiger partial charge in [0.05, 0.1) is 27.6 Å². The molecule has 0 atom stereocenters. The zero-order valence-corrected chi connectivity index (χ0v) is 54.5. The number of nitrogens with zero attached hydrogens (tertiary/aromatic N) is 1. The molecular formula is C92H65NSi2. The van der Waals surface area contributed by atoms with Gasteiger partial charge < -0.3 is 4.57 Å². The van der Waals surface area contributed by atoms with Crippen LogP contribution in [0.25, 0.3) is 49.7 Å². The lowest BCUT2D eigenvalue weighted by Gasteiger charge is -2.51. The summed E-state index contributed by atoms with van der Waals surface area (Å²) in [6.07, 6.45) is 0. The van der Waals surface area contributed by atoms with Crippen LogP contribution in [0.15, 0.2) is 394 Å². The highest BCUT2D eigenvalue weighted by molar-refractivity contribution is 7.21. The quantitative estimate of drug-likeness (QED) is 0.0849. The second-order valence-corrected chi connectivity index (χ2v) is 33.2. The monoisotopic (exact) mass is 1240 g/mol. The summed E-state index contributed by atoms with van der Waals surface area (Å²) in [5.74, 6) is 0. The predicted octanol–water partition coefficient (Wildman–Crippen LogP) is 16.3. The van der Waals surface area contributed by atoms with Crippen molar-refractivity contribution in [1.29, 1.82) is 0 Å². The van der Waals surface area contributed by atoms with Gasteiger partial charge in [-0.15, -0.1) is 0 Å². The van der Waals surface area contributed by atoms with Gasteiger partial charge in [0.25, 0.3) is 0 Å². The number of hydrogen-bond donors (Lipinski definition) is 0. The zero-order valence-electron chi connectivity index (χ0n) is 52.5. The van der Waals surface area contributed by atoms with Gasteiger partial charge in [0.1, 0.15) is 0 Å². The number of benzene rings is 15. The summed E-state index contributed by atoms with van der Waals surface area (Å²) in [7, 11) is -6.48. The van der Waals surface area contributed by atoms with Crippen LogP contribution in [0.5, 0.6) is 0 Å². The molecule has 446 valence electrons. The summed E-state index contributed by atoms with van der Waals surface area (Å²) in [5, 5.41) is 13.3. The standard InChI is InChI=1S/C92H65NSi2/c1-10-33-66(34-11-1)68-61-69(67-35-12-2-13-36-67)63-79(62-68)94(74-43-20-6-21-44-74,75-45-22-7-23-46-75)78-58-60-82-87(65-78)93-86-64-73(91(70-37-14-3-15-38-70,71-39-16-4-17-40-71)72-41-18-5-19-42-72)57-59-80(86)81-51-32-54-85(90(81)93)92(82)83-52-28-30-55-88(83)95(76-47-24-8-25-48-76,77-49-26-9-27-50-77)89-56-31-29-53-84(89)92/h1-65H. The van der Waals surface area contributed by atoms with Crippen molar-refractivity contribution in [3.63, 3.8) is 0 Å². The molecule has 0 saturated carbocycles. The van der Waals surface area contributed by atoms with Crippen molar-refractivity contribution in [3.8, 4) is 27.9 Å². The summed E-state index contributed by atoms with van der Waals surface area (Å²) in [6, 6.07) is 151. The number of fused-ring (bicyclic) bond motifs is 11. The van der Waals surface area contributed by atoms with E-state index in [1.807, 2.05) is 0 Å². The van der Waals surface area contributed by atoms with Crippen LogP contribution in [0, 0.1) is 0 Å². The minimum absolute atomic E-state index is 0.689. The molecule has 0 amide bonds. The lowest BCUT2D eigenvalue weighted by Crippen LogP contribution is -2.79. The van der Waals surface area contributed by atoms with Crippen molar-refractivity contribution in [2.45, 2.75) is 10.8 Å². The summed E-state index contributed by atoms with van der Waals surface area (Å²) in [4.78, 5) is 0. The lowest BCUT2D eigenvalue weighted by atomic mass is 9.62. The molecule has 0 saturated heterocycles. The van der Waals surface area contributed by atoms with Crippen molar-refractivity contribution < 1.29 is 0 Å². The van der Waals surface area contributed by atoms with Gasteiger partial charge in [-0.25, -0.2) is 0 Å². The van der Waals surface area contributed by atoms with E-state index in [-0.39, 0.29) is 0 Å². The van der Waals surface area contributed by atoms with Gasteiger partial charge in [-0.1, -0.05) is 376 Å². The van der Waals surface area contributed by atoms with Gasteiger partial charge in [-0.2, -0.15) is 0 Å². The molecule has 0 radical (unpaired) electrons. The largest absolute Gasteiger partial charge is 0.309 e. The third kappa shape index (κ3) is 8.26. The van der Waals surface area contributed by atoms with E-state index in [0.29, 0.717) is 0 Å². The maximum Gasteiger partial charge on any atom is 0.180 e. The first-order valence-corrected chi connectivity index (χ1v) is 37.2. The number of rotatable bonds is 12. The fourth-order valence-corrected chi connectivity index (χ4v) is 27.6. The first-order valence-electron chi connectivity index (χ1n) is 33.2. The summed E-state index contributed by atoms with van der Waals surface area (Å²) >= 11 is 0. The topological polar surface area (TPSA) is 4.93 Å². The molecule has 0 unspecified atom stereocenters. The molecule has 16 aromatic rings. The molecule has 3 heteroatoms. The SMILES string of the molecule is c1ccc(-c2cc(-c3ccccc3)cc([Si](c3ccccc3)(c3ccccc3)c3ccc4c(c3)-n3c5cc(C(c6ccccc6)(c6ccccc6)c6ccccc6)ccc5c5cccc(c53)C43c4ccccc4[Si](c4ccccc4)(c4ccccc4)c4ccccc43)c2)cc1. The van der Waals surface area contributed by atoms with Crippen LogP contribution in [0.2, 0.25) is 0 Å². The Kier molecular flexibility index (Phi) is 13.4. The van der Waals surface area contributed by atoms with Crippen LogP contribution in [0.3, 0.4) is 0 Å². The smallest absolute Gasteiger partial charge is 0.180 e. The number of para-hydroxylation sites is 1. The Hall–Kier alpha value is -11.5. The summed E-state index contributed by atoms with van der Waals surface area (Å²) in [5.41, 5.74) is 16.9. The highest BCUT2D eigenvalue weighted by Crippen LogP contribution is 2.56. The highest BCUT2D eigenvalue weighted by Gasteiger charge is 2.58. The Bertz CT molecular complexity index is 5220. The molecule has 0 N–H and O–H groups in total. The van der Waals surface area contributed by atoms with Crippen LogP contribution in [-0.2, 0) is 10.8 Å². The fourth-order valence-electron chi connectivity index (χ4n) is 17.5. The normalized spacial score (nSPS) is 13.4. The second kappa shape index (κ2) is 22.7. The Balaban J connectivity index is 1.03. The van der Waals surface area contributed by atoms with Crippen LogP contribution in [0.1, 0.15) is 44.5 Å². The Morgan fingerprint density at radius 2 is 0.684 bits per heavy atom. The minimum Gasteiger partial charge on any atom is -0.309 e. The van der Waals surface area contributed by atoms with Crippen molar-refractivity contribution >= 4 is 79.4 Å². The highest BCUT2D eigenvalue weighted by atomic mass is 28.3. The first kappa shape index (κ1) is 56.3. The molecule has 1 aromatic heterocycles. The van der Waals surface area contributed by atoms with E-state index < -0.39 is 27.0 Å². The Labute approximate surface area is 557 Å². The van der Waals surface area contributed by atoms with E-state index in [2.05, 4.69) is 399 Å². The van der Waals surface area contributed by atoms with Gasteiger partial charge in [-0.05, 0) is 126 Å². The van der Waals surface area contributed by atoms with Crippen molar-refractivity contribution in [3.05, 3.63) is 439 Å². The third-order valence-electron chi connectivity index (χ3n) is 21.2. The molecule has 2 aliphatic rings. The molecule has 3 heterocycles. The summed E-state index contributed by atoms with van der Waals surface area (Å²) < 4.78 is 2.73. The average Bonchev–Trinajstić information content (AvgIpc) is 1.65. The molecular weight excluding hydrogens is 1180 g/mol. The molecule has 95 heavy (non-hydrogen) atoms. The molecule has 0 aliphatic carbocycles. The maximum atomic E-state index is 2.73. The van der Waals surface area contributed by atoms with Gasteiger partial charge >= 0.3 is 0 Å². The van der Waals surface area contributed by atoms with Crippen molar-refractivity contribution in [1.82, 2.24) is 4.57 Å². The third-order valence-corrected chi connectivity index (χ3v) is 30.8. The second-order valence-electron chi connectivity index (χ2n) is 25.7. The van der Waals surface area contributed by atoms with E-state index in [1.54, 1.807) is 0 Å². The van der Waals surface area contributed by atoms with Crippen molar-refractivity contribution in [2.24, 2.45) is 0 Å².